The summed E-state index contributed by atoms with van der Waals surface area (Å²) in [5.74, 6) is -2.09. The van der Waals surface area contributed by atoms with Crippen molar-refractivity contribution in [3.05, 3.63) is 35.4 Å². The van der Waals surface area contributed by atoms with Gasteiger partial charge < -0.3 is 10.0 Å². The van der Waals surface area contributed by atoms with E-state index in [9.17, 15) is 13.6 Å². The van der Waals surface area contributed by atoms with Crippen LogP contribution in [0.4, 0.5) is 8.78 Å². The molecule has 1 heterocycles. The van der Waals surface area contributed by atoms with Gasteiger partial charge in [-0.3, -0.25) is 4.79 Å². The summed E-state index contributed by atoms with van der Waals surface area (Å²) in [7, 11) is 0. The van der Waals surface area contributed by atoms with Crippen molar-refractivity contribution >= 4 is 5.91 Å². The van der Waals surface area contributed by atoms with Gasteiger partial charge in [-0.05, 0) is 30.9 Å². The number of aliphatic hydroxyl groups excluding tert-OH is 1. The van der Waals surface area contributed by atoms with E-state index in [-0.39, 0.29) is 12.5 Å². The van der Waals surface area contributed by atoms with Gasteiger partial charge in [-0.2, -0.15) is 0 Å². The molecule has 0 aromatic heterocycles. The zero-order valence-electron chi connectivity index (χ0n) is 9.90. The molecule has 1 N–H and O–H groups in total. The van der Waals surface area contributed by atoms with Gasteiger partial charge in [-0.25, -0.2) is 8.78 Å². The third-order valence-electron chi connectivity index (χ3n) is 3.34. The second kappa shape index (κ2) is 5.44. The van der Waals surface area contributed by atoms with Crippen molar-refractivity contribution in [2.75, 3.05) is 19.7 Å². The molecule has 0 atom stereocenters. The first-order chi connectivity index (χ1) is 8.63. The fourth-order valence-corrected chi connectivity index (χ4v) is 2.18. The van der Waals surface area contributed by atoms with E-state index in [1.165, 1.54) is 11.0 Å². The van der Waals surface area contributed by atoms with Crippen LogP contribution in [0, 0.1) is 17.6 Å². The van der Waals surface area contributed by atoms with Crippen LogP contribution < -0.4 is 0 Å². The first-order valence-electron chi connectivity index (χ1n) is 5.97. The Morgan fingerprint density at radius 3 is 2.33 bits per heavy atom. The molecule has 1 amide bonds. The summed E-state index contributed by atoms with van der Waals surface area (Å²) in [6.45, 7) is 0.950. The van der Waals surface area contributed by atoms with E-state index in [0.717, 1.165) is 12.1 Å². The number of likely N-dealkylation sites (tertiary alicyclic amines) is 1. The molecule has 18 heavy (non-hydrogen) atoms. The lowest BCUT2D eigenvalue weighted by Crippen LogP contribution is -2.39. The fourth-order valence-electron chi connectivity index (χ4n) is 2.18. The molecule has 1 saturated heterocycles. The smallest absolute Gasteiger partial charge is 0.259 e. The van der Waals surface area contributed by atoms with E-state index in [2.05, 4.69) is 0 Å². The van der Waals surface area contributed by atoms with Gasteiger partial charge in [0.15, 0.2) is 0 Å². The van der Waals surface area contributed by atoms with Crippen molar-refractivity contribution in [3.63, 3.8) is 0 Å². The number of nitrogens with zero attached hydrogens (tertiary/aromatic N) is 1. The normalized spacial score (nSPS) is 16.9. The molecule has 3 nitrogen and oxygen atoms in total. The number of hydrogen-bond acceptors (Lipinski definition) is 2. The Hall–Kier alpha value is -1.49. The summed E-state index contributed by atoms with van der Waals surface area (Å²) in [5.41, 5.74) is -0.486. The Bertz CT molecular complexity index is 422. The molecule has 1 aliphatic heterocycles. The number of halogens is 2. The molecule has 98 valence electrons. The minimum atomic E-state index is -0.829. The number of amides is 1. The first kappa shape index (κ1) is 13.0. The largest absolute Gasteiger partial charge is 0.396 e. The van der Waals surface area contributed by atoms with Crippen LogP contribution in [0.1, 0.15) is 23.2 Å². The molecular formula is C13H15F2NO2. The molecule has 0 aliphatic carbocycles. The van der Waals surface area contributed by atoms with Crippen molar-refractivity contribution in [2.45, 2.75) is 12.8 Å². The van der Waals surface area contributed by atoms with E-state index in [1.807, 2.05) is 0 Å². The van der Waals surface area contributed by atoms with Crippen molar-refractivity contribution < 1.29 is 18.7 Å². The quantitative estimate of drug-likeness (QED) is 0.875. The van der Waals surface area contributed by atoms with Crippen LogP contribution in [-0.2, 0) is 0 Å². The second-order valence-electron chi connectivity index (χ2n) is 4.51. The van der Waals surface area contributed by atoms with Crippen molar-refractivity contribution in [1.29, 1.82) is 0 Å². The number of piperidine rings is 1. The number of hydrogen-bond donors (Lipinski definition) is 1. The maximum atomic E-state index is 13.5. The summed E-state index contributed by atoms with van der Waals surface area (Å²) in [4.78, 5) is 13.5. The minimum Gasteiger partial charge on any atom is -0.396 e. The molecule has 1 aliphatic rings. The molecule has 0 spiro atoms. The van der Waals surface area contributed by atoms with Crippen molar-refractivity contribution in [1.82, 2.24) is 4.90 Å². The van der Waals surface area contributed by atoms with Gasteiger partial charge in [0.25, 0.3) is 5.91 Å². The third-order valence-corrected chi connectivity index (χ3v) is 3.34. The average Bonchev–Trinajstić information content (AvgIpc) is 2.38. The molecule has 1 aromatic carbocycles. The topological polar surface area (TPSA) is 40.5 Å². The maximum Gasteiger partial charge on any atom is 0.259 e. The maximum absolute atomic E-state index is 13.5. The van der Waals surface area contributed by atoms with Crippen molar-refractivity contribution in [3.8, 4) is 0 Å². The first-order valence-corrected chi connectivity index (χ1v) is 5.97. The third kappa shape index (κ3) is 2.51. The molecule has 0 saturated carbocycles. The number of rotatable bonds is 2. The summed E-state index contributed by atoms with van der Waals surface area (Å²) in [6, 6.07) is 3.40. The summed E-state index contributed by atoms with van der Waals surface area (Å²) >= 11 is 0. The van der Waals surface area contributed by atoms with Crippen LogP contribution in [0.5, 0.6) is 0 Å². The van der Waals surface area contributed by atoms with Crippen LogP contribution >= 0.6 is 0 Å². The Morgan fingerprint density at radius 1 is 1.28 bits per heavy atom. The number of benzene rings is 1. The van der Waals surface area contributed by atoms with E-state index < -0.39 is 23.1 Å². The van der Waals surface area contributed by atoms with Gasteiger partial charge in [-0.15, -0.1) is 0 Å². The molecule has 0 radical (unpaired) electrons. The second-order valence-corrected chi connectivity index (χ2v) is 4.51. The number of carbonyl (C=O) groups excluding carboxylic acids is 1. The fraction of sp³-hybridized carbons (Fsp3) is 0.462. The van der Waals surface area contributed by atoms with Crippen molar-refractivity contribution in [2.24, 2.45) is 5.92 Å². The molecular weight excluding hydrogens is 240 g/mol. The van der Waals surface area contributed by atoms with E-state index >= 15 is 0 Å². The molecule has 1 aromatic rings. The predicted molar refractivity (Wildman–Crippen MR) is 62.1 cm³/mol. The van der Waals surface area contributed by atoms with Gasteiger partial charge in [0.05, 0.1) is 0 Å². The Kier molecular flexibility index (Phi) is 3.91. The molecule has 5 heteroatoms. The van der Waals surface area contributed by atoms with Crippen LogP contribution in [-0.4, -0.2) is 35.6 Å². The van der Waals surface area contributed by atoms with Crippen LogP contribution in [0.15, 0.2) is 18.2 Å². The van der Waals surface area contributed by atoms with E-state index in [4.69, 9.17) is 5.11 Å². The van der Waals surface area contributed by atoms with E-state index in [0.29, 0.717) is 25.9 Å². The van der Waals surface area contributed by atoms with Gasteiger partial charge in [-0.1, -0.05) is 6.07 Å². The van der Waals surface area contributed by atoms with Crippen LogP contribution in [0.3, 0.4) is 0 Å². The Balaban J connectivity index is 2.13. The van der Waals surface area contributed by atoms with Gasteiger partial charge in [0.1, 0.15) is 17.2 Å². The SMILES string of the molecule is O=C(c1c(F)cccc1F)N1CCC(CO)CC1. The lowest BCUT2D eigenvalue weighted by Gasteiger charge is -2.31. The highest BCUT2D eigenvalue weighted by molar-refractivity contribution is 5.94. The highest BCUT2D eigenvalue weighted by Crippen LogP contribution is 2.20. The summed E-state index contributed by atoms with van der Waals surface area (Å²) < 4.78 is 26.9. The molecule has 1 fully saturated rings. The van der Waals surface area contributed by atoms with Gasteiger partial charge >= 0.3 is 0 Å². The predicted octanol–water partition coefficient (Wildman–Crippen LogP) is 1.81. The zero-order valence-corrected chi connectivity index (χ0v) is 9.90. The van der Waals surface area contributed by atoms with Gasteiger partial charge in [0.2, 0.25) is 0 Å². The standard InChI is InChI=1S/C13H15F2NO2/c14-10-2-1-3-11(15)12(10)13(18)16-6-4-9(8-17)5-7-16/h1-3,9,17H,4-8H2. The van der Waals surface area contributed by atoms with Gasteiger partial charge in [0, 0.05) is 19.7 Å². The number of aliphatic hydroxyl groups is 1. The Labute approximate surface area is 104 Å². The summed E-state index contributed by atoms with van der Waals surface area (Å²) in [6.07, 6.45) is 1.33. The lowest BCUT2D eigenvalue weighted by molar-refractivity contribution is 0.0641. The van der Waals surface area contributed by atoms with Crippen LogP contribution in [0.25, 0.3) is 0 Å². The molecule has 0 bridgehead atoms. The van der Waals surface area contributed by atoms with Crippen LogP contribution in [0.2, 0.25) is 0 Å². The van der Waals surface area contributed by atoms with E-state index in [1.54, 1.807) is 0 Å². The Morgan fingerprint density at radius 2 is 1.83 bits per heavy atom. The molecule has 2 rings (SSSR count). The minimum absolute atomic E-state index is 0.0933. The number of carbonyl (C=O) groups is 1. The highest BCUT2D eigenvalue weighted by Gasteiger charge is 2.26. The molecule has 0 unspecified atom stereocenters. The average molecular weight is 255 g/mol. The monoisotopic (exact) mass is 255 g/mol. The zero-order chi connectivity index (χ0) is 13.1. The lowest BCUT2D eigenvalue weighted by atomic mass is 9.97. The summed E-state index contributed by atoms with van der Waals surface area (Å²) in [5, 5.41) is 9.00. The highest BCUT2D eigenvalue weighted by atomic mass is 19.1.